The molecule has 3 amide bonds. The van der Waals surface area contributed by atoms with E-state index >= 15 is 0 Å². The van der Waals surface area contributed by atoms with Crippen LogP contribution in [-0.2, 0) is 23.9 Å². The van der Waals surface area contributed by atoms with Crippen LogP contribution >= 0.6 is 0 Å². The Bertz CT molecular complexity index is 634. The van der Waals surface area contributed by atoms with Crippen molar-refractivity contribution in [3.63, 3.8) is 0 Å². The van der Waals surface area contributed by atoms with E-state index in [2.05, 4.69) is 10.6 Å². The third-order valence-corrected chi connectivity index (χ3v) is 4.29. The van der Waals surface area contributed by atoms with Crippen LogP contribution in [0.1, 0.15) is 68.2 Å². The van der Waals surface area contributed by atoms with Gasteiger partial charge in [-0.25, -0.2) is 9.59 Å². The molecule has 2 atom stereocenters. The maximum Gasteiger partial charge on any atom is 0.408 e. The maximum absolute atomic E-state index is 12.6. The average Bonchev–Trinajstić information content (AvgIpc) is 3.03. The molecule has 0 spiro atoms. The second-order valence-electron chi connectivity index (χ2n) is 9.86. The van der Waals surface area contributed by atoms with E-state index in [-0.39, 0.29) is 18.4 Å². The molecule has 1 aliphatic heterocycles. The minimum Gasteiger partial charge on any atom is -0.458 e. The number of nitrogens with zero attached hydrogens (tertiary/aromatic N) is 1. The molecule has 9 nitrogen and oxygen atoms in total. The number of rotatable bonds is 6. The fraction of sp³-hybridized carbons (Fsp3) is 0.810. The van der Waals surface area contributed by atoms with Gasteiger partial charge in [-0.3, -0.25) is 9.59 Å². The molecule has 1 aliphatic rings. The van der Waals surface area contributed by atoms with Crippen molar-refractivity contribution in [1.29, 1.82) is 0 Å². The van der Waals surface area contributed by atoms with Crippen molar-refractivity contribution in [3.8, 4) is 0 Å². The molecule has 30 heavy (non-hydrogen) atoms. The largest absolute Gasteiger partial charge is 0.458 e. The van der Waals surface area contributed by atoms with E-state index in [4.69, 9.17) is 9.47 Å². The minimum atomic E-state index is -0.854. The molecule has 0 saturated carbocycles. The van der Waals surface area contributed by atoms with Crippen molar-refractivity contribution >= 4 is 23.9 Å². The van der Waals surface area contributed by atoms with Gasteiger partial charge in [0.05, 0.1) is 6.54 Å². The summed E-state index contributed by atoms with van der Waals surface area (Å²) >= 11 is 0. The summed E-state index contributed by atoms with van der Waals surface area (Å²) in [6.07, 6.45) is 0.522. The first kappa shape index (κ1) is 25.7. The van der Waals surface area contributed by atoms with E-state index in [1.807, 2.05) is 0 Å². The predicted molar refractivity (Wildman–Crippen MR) is 112 cm³/mol. The van der Waals surface area contributed by atoms with E-state index < -0.39 is 41.3 Å². The first-order chi connectivity index (χ1) is 13.6. The zero-order chi connectivity index (χ0) is 23.3. The minimum absolute atomic E-state index is 0.214. The Morgan fingerprint density at radius 1 is 1.00 bits per heavy atom. The highest BCUT2D eigenvalue weighted by molar-refractivity contribution is 5.91. The lowest BCUT2D eigenvalue weighted by Crippen LogP contribution is -2.53. The molecule has 0 radical (unpaired) electrons. The summed E-state index contributed by atoms with van der Waals surface area (Å²) in [5.41, 5.74) is -1.33. The summed E-state index contributed by atoms with van der Waals surface area (Å²) in [4.78, 5) is 51.0. The van der Waals surface area contributed by atoms with Gasteiger partial charge >= 0.3 is 12.1 Å². The van der Waals surface area contributed by atoms with Gasteiger partial charge in [0.1, 0.15) is 23.3 Å². The molecule has 1 rings (SSSR count). The lowest BCUT2D eigenvalue weighted by Gasteiger charge is -2.28. The van der Waals surface area contributed by atoms with Crippen LogP contribution < -0.4 is 10.6 Å². The molecule has 1 saturated heterocycles. The predicted octanol–water partition coefficient (Wildman–Crippen LogP) is 1.98. The van der Waals surface area contributed by atoms with E-state index in [0.717, 1.165) is 0 Å². The summed E-state index contributed by atoms with van der Waals surface area (Å²) in [7, 11) is 0. The van der Waals surface area contributed by atoms with E-state index in [0.29, 0.717) is 19.4 Å². The molecule has 0 aromatic carbocycles. The molecule has 0 unspecified atom stereocenters. The molecular formula is C21H37N3O6. The van der Waals surface area contributed by atoms with Gasteiger partial charge in [-0.05, 0) is 60.3 Å². The Balaban J connectivity index is 2.67. The lowest BCUT2D eigenvalue weighted by atomic mass is 10.0. The Morgan fingerprint density at radius 2 is 1.57 bits per heavy atom. The monoisotopic (exact) mass is 427 g/mol. The van der Waals surface area contributed by atoms with Crippen molar-refractivity contribution in [2.45, 2.75) is 91.5 Å². The standard InChI is InChI=1S/C21H37N3O6/c1-13(2)16(23-19(28)30-21(6,7)8)17(26)22-12-15(25)24-11-9-10-14(24)18(27)29-20(3,4)5/h13-14,16H,9-12H2,1-8H3,(H,22,26)(H,23,28)/t14-,16-/m0/s1. The van der Waals surface area contributed by atoms with Crippen molar-refractivity contribution in [1.82, 2.24) is 15.5 Å². The molecule has 2 N–H and O–H groups in total. The zero-order valence-electron chi connectivity index (χ0n) is 19.5. The number of hydrogen-bond acceptors (Lipinski definition) is 6. The van der Waals surface area contributed by atoms with Crippen molar-refractivity contribution in [2.75, 3.05) is 13.1 Å². The molecule has 0 aliphatic carbocycles. The molecular weight excluding hydrogens is 390 g/mol. The van der Waals surface area contributed by atoms with Gasteiger partial charge in [0, 0.05) is 6.54 Å². The first-order valence-corrected chi connectivity index (χ1v) is 10.4. The fourth-order valence-electron chi connectivity index (χ4n) is 3.02. The van der Waals surface area contributed by atoms with Crippen molar-refractivity contribution in [2.24, 2.45) is 5.92 Å². The van der Waals surface area contributed by atoms with Gasteiger partial charge in [-0.15, -0.1) is 0 Å². The number of carbonyl (C=O) groups excluding carboxylic acids is 4. The summed E-state index contributed by atoms with van der Waals surface area (Å²) < 4.78 is 10.6. The van der Waals surface area contributed by atoms with E-state index in [1.54, 1.807) is 55.4 Å². The van der Waals surface area contributed by atoms with Crippen LogP contribution in [0.4, 0.5) is 4.79 Å². The Kier molecular flexibility index (Phi) is 8.68. The highest BCUT2D eigenvalue weighted by atomic mass is 16.6. The topological polar surface area (TPSA) is 114 Å². The molecule has 1 fully saturated rings. The molecule has 0 aromatic rings. The normalized spacial score (nSPS) is 18.0. The van der Waals surface area contributed by atoms with Crippen LogP contribution in [0.2, 0.25) is 0 Å². The Morgan fingerprint density at radius 3 is 2.07 bits per heavy atom. The van der Waals surface area contributed by atoms with Crippen molar-refractivity contribution in [3.05, 3.63) is 0 Å². The van der Waals surface area contributed by atoms with Crippen LogP contribution in [-0.4, -0.2) is 65.2 Å². The van der Waals surface area contributed by atoms with Crippen LogP contribution in [0.3, 0.4) is 0 Å². The number of amides is 3. The quantitative estimate of drug-likeness (QED) is 0.627. The molecule has 9 heteroatoms. The second kappa shape index (κ2) is 10.1. The lowest BCUT2D eigenvalue weighted by molar-refractivity contribution is -0.163. The van der Waals surface area contributed by atoms with Gasteiger partial charge in [-0.1, -0.05) is 13.8 Å². The van der Waals surface area contributed by atoms with Crippen LogP contribution in [0.5, 0.6) is 0 Å². The number of likely N-dealkylation sites (tertiary alicyclic amines) is 1. The van der Waals surface area contributed by atoms with Crippen LogP contribution in [0, 0.1) is 5.92 Å². The number of hydrogen-bond donors (Lipinski definition) is 2. The van der Waals surface area contributed by atoms with Gasteiger partial charge in [0.25, 0.3) is 0 Å². The van der Waals surface area contributed by atoms with E-state index in [1.165, 1.54) is 4.90 Å². The molecule has 0 bridgehead atoms. The number of ether oxygens (including phenoxy) is 2. The zero-order valence-corrected chi connectivity index (χ0v) is 19.5. The summed E-state index contributed by atoms with van der Waals surface area (Å²) in [6.45, 7) is 14.2. The number of carbonyl (C=O) groups is 4. The number of nitrogens with one attached hydrogen (secondary N) is 2. The molecule has 1 heterocycles. The SMILES string of the molecule is CC(C)[C@H](NC(=O)OC(C)(C)C)C(=O)NCC(=O)N1CCC[C@H]1C(=O)OC(C)(C)C. The number of esters is 1. The first-order valence-electron chi connectivity index (χ1n) is 10.4. The van der Waals surface area contributed by atoms with Gasteiger partial charge in [-0.2, -0.15) is 0 Å². The summed E-state index contributed by atoms with van der Waals surface area (Å²) in [5, 5.41) is 5.11. The van der Waals surface area contributed by atoms with Crippen molar-refractivity contribution < 1.29 is 28.7 Å². The third kappa shape index (κ3) is 8.59. The van der Waals surface area contributed by atoms with Gasteiger partial charge in [0.15, 0.2) is 0 Å². The smallest absolute Gasteiger partial charge is 0.408 e. The Hall–Kier alpha value is -2.32. The highest BCUT2D eigenvalue weighted by Crippen LogP contribution is 2.21. The molecule has 0 aromatic heterocycles. The third-order valence-electron chi connectivity index (χ3n) is 4.29. The van der Waals surface area contributed by atoms with Crippen LogP contribution in [0.15, 0.2) is 0 Å². The summed E-state index contributed by atoms with van der Waals surface area (Å²) in [5.74, 6) is -1.51. The summed E-state index contributed by atoms with van der Waals surface area (Å²) in [6, 6.07) is -1.50. The fourth-order valence-corrected chi connectivity index (χ4v) is 3.02. The number of alkyl carbamates (subject to hydrolysis) is 1. The average molecular weight is 428 g/mol. The van der Waals surface area contributed by atoms with E-state index in [9.17, 15) is 19.2 Å². The maximum atomic E-state index is 12.6. The molecule has 172 valence electrons. The Labute approximate surface area is 179 Å². The van der Waals surface area contributed by atoms with Crippen LogP contribution in [0.25, 0.3) is 0 Å². The second-order valence-corrected chi connectivity index (χ2v) is 9.86. The highest BCUT2D eigenvalue weighted by Gasteiger charge is 2.37. The van der Waals surface area contributed by atoms with Gasteiger partial charge in [0.2, 0.25) is 11.8 Å². The van der Waals surface area contributed by atoms with Gasteiger partial charge < -0.3 is 25.0 Å².